The molecule has 3 heterocycles. The second kappa shape index (κ2) is 5.21. The van der Waals surface area contributed by atoms with E-state index in [9.17, 15) is 0 Å². The number of hydrogen-bond acceptors (Lipinski definition) is 6. The molecule has 1 fully saturated rings. The van der Waals surface area contributed by atoms with Gasteiger partial charge in [0.25, 0.3) is 0 Å². The van der Waals surface area contributed by atoms with E-state index in [0.717, 1.165) is 49.3 Å². The molecule has 20 heavy (non-hydrogen) atoms. The van der Waals surface area contributed by atoms with Gasteiger partial charge >= 0.3 is 0 Å². The average molecular weight is 292 g/mol. The summed E-state index contributed by atoms with van der Waals surface area (Å²) in [6.45, 7) is 2.71. The summed E-state index contributed by atoms with van der Waals surface area (Å²) in [7, 11) is 1.91. The number of piperidine rings is 1. The van der Waals surface area contributed by atoms with Gasteiger partial charge in [-0.15, -0.1) is 0 Å². The highest BCUT2D eigenvalue weighted by Gasteiger charge is 2.33. The highest BCUT2D eigenvalue weighted by Crippen LogP contribution is 2.35. The summed E-state index contributed by atoms with van der Waals surface area (Å²) < 4.78 is 2.02. The lowest BCUT2D eigenvalue weighted by molar-refractivity contribution is 0.456. The molecule has 3 rings (SSSR count). The van der Waals surface area contributed by atoms with Crippen molar-refractivity contribution in [3.63, 3.8) is 0 Å². The molecule has 0 atom stereocenters. The van der Waals surface area contributed by atoms with Gasteiger partial charge in [-0.3, -0.25) is 4.68 Å². The minimum Gasteiger partial charge on any atom is -0.356 e. The largest absolute Gasteiger partial charge is 0.356 e. The van der Waals surface area contributed by atoms with Gasteiger partial charge in [-0.05, 0) is 19.1 Å². The third-order valence-corrected chi connectivity index (χ3v) is 5.73. The molecular weight excluding hydrogens is 272 g/mol. The van der Waals surface area contributed by atoms with E-state index in [4.69, 9.17) is 5.73 Å². The van der Waals surface area contributed by atoms with E-state index in [1.54, 1.807) is 11.0 Å². The zero-order chi connectivity index (χ0) is 14.2. The van der Waals surface area contributed by atoms with E-state index >= 15 is 0 Å². The fourth-order valence-electron chi connectivity index (χ4n) is 2.82. The molecule has 108 valence electrons. The standard InChI is InChI=1S/C13H20N6S/c1-18-11-10(7-17-18)12(16-9-15-11)19-5-3-13(8-14,20-2)4-6-19/h7,9H,3-6,8,14H2,1-2H3. The summed E-state index contributed by atoms with van der Waals surface area (Å²) in [5.41, 5.74) is 6.83. The van der Waals surface area contributed by atoms with Crippen LogP contribution in [0, 0.1) is 0 Å². The summed E-state index contributed by atoms with van der Waals surface area (Å²) in [5, 5.41) is 5.30. The Morgan fingerprint density at radius 2 is 2.10 bits per heavy atom. The molecule has 1 aliphatic rings. The molecule has 0 amide bonds. The summed E-state index contributed by atoms with van der Waals surface area (Å²) in [6.07, 6.45) is 7.82. The van der Waals surface area contributed by atoms with Crippen LogP contribution >= 0.6 is 11.8 Å². The number of aryl methyl sites for hydroxylation is 1. The van der Waals surface area contributed by atoms with E-state index < -0.39 is 0 Å². The van der Waals surface area contributed by atoms with Crippen molar-refractivity contribution in [2.75, 3.05) is 30.8 Å². The van der Waals surface area contributed by atoms with E-state index in [1.165, 1.54) is 0 Å². The fourth-order valence-corrected chi connectivity index (χ4v) is 3.58. The van der Waals surface area contributed by atoms with Crippen LogP contribution in [-0.4, -0.2) is 50.4 Å². The Morgan fingerprint density at radius 1 is 1.35 bits per heavy atom. The van der Waals surface area contributed by atoms with Crippen LogP contribution < -0.4 is 10.6 Å². The van der Waals surface area contributed by atoms with Crippen molar-refractivity contribution in [3.05, 3.63) is 12.5 Å². The molecule has 0 spiro atoms. The van der Waals surface area contributed by atoms with E-state index in [2.05, 4.69) is 26.2 Å². The number of fused-ring (bicyclic) bond motifs is 1. The molecule has 2 aromatic heterocycles. The van der Waals surface area contributed by atoms with Crippen LogP contribution in [0.15, 0.2) is 12.5 Å². The number of aromatic nitrogens is 4. The molecule has 0 unspecified atom stereocenters. The first kappa shape index (κ1) is 13.6. The van der Waals surface area contributed by atoms with Crippen LogP contribution in [0.3, 0.4) is 0 Å². The third-order valence-electron chi connectivity index (χ3n) is 4.29. The maximum absolute atomic E-state index is 5.95. The SMILES string of the molecule is CSC1(CN)CCN(c2ncnc3c2cnn3C)CC1. The predicted molar refractivity (Wildman–Crippen MR) is 83.1 cm³/mol. The average Bonchev–Trinajstić information content (AvgIpc) is 2.89. The first-order valence-corrected chi connectivity index (χ1v) is 8.04. The van der Waals surface area contributed by atoms with Crippen molar-refractivity contribution in [1.29, 1.82) is 0 Å². The van der Waals surface area contributed by atoms with E-state index in [0.29, 0.717) is 0 Å². The van der Waals surface area contributed by atoms with Gasteiger partial charge in [0.1, 0.15) is 12.1 Å². The molecule has 7 heteroatoms. The zero-order valence-electron chi connectivity index (χ0n) is 11.9. The van der Waals surface area contributed by atoms with Gasteiger partial charge in [0.2, 0.25) is 0 Å². The Hall–Kier alpha value is -1.34. The number of nitrogens with two attached hydrogens (primary N) is 1. The molecule has 0 radical (unpaired) electrons. The first-order chi connectivity index (χ1) is 9.69. The summed E-state index contributed by atoms with van der Waals surface area (Å²) >= 11 is 1.90. The topological polar surface area (TPSA) is 72.9 Å². The van der Waals surface area contributed by atoms with Crippen molar-refractivity contribution in [2.45, 2.75) is 17.6 Å². The Bertz CT molecular complexity index is 596. The van der Waals surface area contributed by atoms with Crippen LogP contribution in [-0.2, 0) is 7.05 Å². The monoisotopic (exact) mass is 292 g/mol. The van der Waals surface area contributed by atoms with Crippen molar-refractivity contribution in [1.82, 2.24) is 19.7 Å². The third kappa shape index (κ3) is 2.14. The smallest absolute Gasteiger partial charge is 0.163 e. The first-order valence-electron chi connectivity index (χ1n) is 6.82. The fraction of sp³-hybridized carbons (Fsp3) is 0.615. The summed E-state index contributed by atoms with van der Waals surface area (Å²) in [4.78, 5) is 11.1. The van der Waals surface area contributed by atoms with Gasteiger partial charge in [0, 0.05) is 31.4 Å². The maximum atomic E-state index is 5.95. The number of hydrogen-bond donors (Lipinski definition) is 1. The van der Waals surface area contributed by atoms with Crippen LogP contribution in [0.1, 0.15) is 12.8 Å². The predicted octanol–water partition coefficient (Wildman–Crippen LogP) is 1.02. The minimum atomic E-state index is 0.234. The van der Waals surface area contributed by atoms with Gasteiger partial charge in [-0.1, -0.05) is 0 Å². The van der Waals surface area contributed by atoms with Crippen LogP contribution in [0.25, 0.3) is 11.0 Å². The number of nitrogens with zero attached hydrogens (tertiary/aromatic N) is 5. The van der Waals surface area contributed by atoms with Gasteiger partial charge in [-0.2, -0.15) is 16.9 Å². The molecule has 0 aliphatic carbocycles. The van der Waals surface area contributed by atoms with Gasteiger partial charge in [0.15, 0.2) is 5.65 Å². The number of thioether (sulfide) groups is 1. The Kier molecular flexibility index (Phi) is 3.55. The molecule has 0 aromatic carbocycles. The van der Waals surface area contributed by atoms with Crippen molar-refractivity contribution in [2.24, 2.45) is 12.8 Å². The molecule has 0 saturated carbocycles. The zero-order valence-corrected chi connectivity index (χ0v) is 12.7. The Balaban J connectivity index is 1.87. The second-order valence-electron chi connectivity index (χ2n) is 5.28. The highest BCUT2D eigenvalue weighted by atomic mass is 32.2. The second-order valence-corrected chi connectivity index (χ2v) is 6.56. The molecule has 6 nitrogen and oxygen atoms in total. The molecule has 2 aromatic rings. The quantitative estimate of drug-likeness (QED) is 0.910. The lowest BCUT2D eigenvalue weighted by atomic mass is 9.95. The van der Waals surface area contributed by atoms with Crippen LogP contribution in [0.4, 0.5) is 5.82 Å². The minimum absolute atomic E-state index is 0.234. The van der Waals surface area contributed by atoms with Gasteiger partial charge in [-0.25, -0.2) is 9.97 Å². The van der Waals surface area contributed by atoms with Crippen molar-refractivity contribution in [3.8, 4) is 0 Å². The Morgan fingerprint density at radius 3 is 2.75 bits per heavy atom. The Labute approximate surface area is 122 Å². The molecule has 0 bridgehead atoms. The summed E-state index contributed by atoms with van der Waals surface area (Å²) in [5.74, 6) is 0.995. The molecule has 2 N–H and O–H groups in total. The van der Waals surface area contributed by atoms with Crippen LogP contribution in [0.2, 0.25) is 0 Å². The highest BCUT2D eigenvalue weighted by molar-refractivity contribution is 8.00. The normalized spacial score (nSPS) is 18.6. The lowest BCUT2D eigenvalue weighted by Gasteiger charge is -2.40. The van der Waals surface area contributed by atoms with Crippen molar-refractivity contribution >= 4 is 28.6 Å². The molecular formula is C13H20N6S. The number of rotatable bonds is 3. The maximum Gasteiger partial charge on any atom is 0.163 e. The van der Waals surface area contributed by atoms with Gasteiger partial charge < -0.3 is 10.6 Å². The summed E-state index contributed by atoms with van der Waals surface area (Å²) in [6, 6.07) is 0. The van der Waals surface area contributed by atoms with Crippen molar-refractivity contribution < 1.29 is 0 Å². The van der Waals surface area contributed by atoms with Gasteiger partial charge in [0.05, 0.1) is 11.6 Å². The molecule has 1 saturated heterocycles. The van der Waals surface area contributed by atoms with E-state index in [-0.39, 0.29) is 4.75 Å². The number of anilines is 1. The lowest BCUT2D eigenvalue weighted by Crippen LogP contribution is -2.46. The van der Waals surface area contributed by atoms with E-state index in [1.807, 2.05) is 25.0 Å². The van der Waals surface area contributed by atoms with Crippen LogP contribution in [0.5, 0.6) is 0 Å². The molecule has 1 aliphatic heterocycles.